The predicted octanol–water partition coefficient (Wildman–Crippen LogP) is 1.59. The topological polar surface area (TPSA) is 43.1 Å². The van der Waals surface area contributed by atoms with Crippen molar-refractivity contribution < 1.29 is 27.3 Å². The summed E-state index contributed by atoms with van der Waals surface area (Å²) in [4.78, 5) is 9.59. The van der Waals surface area contributed by atoms with Gasteiger partial charge < -0.3 is 0 Å². The van der Waals surface area contributed by atoms with E-state index in [-0.39, 0.29) is 28.1 Å². The molecule has 0 spiro atoms. The van der Waals surface area contributed by atoms with Crippen LogP contribution in [0, 0.1) is 10.1 Å². The molecule has 0 saturated carbocycles. The van der Waals surface area contributed by atoms with E-state index in [0.29, 0.717) is 0 Å². The average Bonchev–Trinajstić information content (AvgIpc) is 1.90. The minimum absolute atomic E-state index is 0. The minimum Gasteiger partial charge on any atom is -0.258 e. The third-order valence-electron chi connectivity index (χ3n) is 0.967. The number of para-hydroxylation sites is 1. The molecule has 1 rings (SSSR count). The fraction of sp³-hybridized carbons (Fsp3) is 0. The Hall–Kier alpha value is -0.640. The van der Waals surface area contributed by atoms with Gasteiger partial charge in [0.1, 0.15) is 0 Å². The fourth-order valence-electron chi connectivity index (χ4n) is 0.550. The van der Waals surface area contributed by atoms with Crippen LogP contribution in [0.2, 0.25) is 0 Å². The minimum atomic E-state index is -0.417. The van der Waals surface area contributed by atoms with Gasteiger partial charge in [-0.1, -0.05) is 18.2 Å². The summed E-state index contributed by atoms with van der Waals surface area (Å²) >= 11 is 0. The molecule has 0 aliphatic carbocycles. The Kier molecular flexibility index (Phi) is 3.95. The van der Waals surface area contributed by atoms with Gasteiger partial charge in [0.2, 0.25) is 0 Å². The standard InChI is InChI=1S/C6H5NO2.Au/c8-7(9)6-4-2-1-3-5-6;/h1-5H;. The van der Waals surface area contributed by atoms with Crippen molar-refractivity contribution >= 4 is 5.69 Å². The van der Waals surface area contributed by atoms with Crippen LogP contribution in [-0.4, -0.2) is 4.92 Å². The Morgan fingerprint density at radius 1 is 1.20 bits per heavy atom. The maximum Gasteiger partial charge on any atom is 0.269 e. The first-order chi connectivity index (χ1) is 4.30. The number of nitro benzene ring substituents is 1. The van der Waals surface area contributed by atoms with Crippen molar-refractivity contribution in [1.29, 1.82) is 0 Å². The first-order valence-corrected chi connectivity index (χ1v) is 2.50. The Bertz CT molecular complexity index is 212. The summed E-state index contributed by atoms with van der Waals surface area (Å²) in [6.45, 7) is 0. The van der Waals surface area contributed by atoms with Crippen molar-refractivity contribution in [2.75, 3.05) is 0 Å². The van der Waals surface area contributed by atoms with Crippen molar-refractivity contribution in [3.63, 3.8) is 0 Å². The SMILES string of the molecule is O=[N+]([O-])c1ccccc1.[Au]. The number of benzene rings is 1. The Balaban J connectivity index is 0.000000810. The molecule has 1 radical (unpaired) electrons. The molecule has 10 heavy (non-hydrogen) atoms. The van der Waals surface area contributed by atoms with E-state index in [1.54, 1.807) is 18.2 Å². The van der Waals surface area contributed by atoms with Gasteiger partial charge in [-0.3, -0.25) is 10.1 Å². The van der Waals surface area contributed by atoms with Gasteiger partial charge in [-0.05, 0) is 0 Å². The van der Waals surface area contributed by atoms with Crippen LogP contribution in [0.5, 0.6) is 0 Å². The van der Waals surface area contributed by atoms with Gasteiger partial charge in [-0.15, -0.1) is 0 Å². The summed E-state index contributed by atoms with van der Waals surface area (Å²) in [5.74, 6) is 0. The van der Waals surface area contributed by atoms with Crippen LogP contribution in [0.25, 0.3) is 0 Å². The van der Waals surface area contributed by atoms with Gasteiger partial charge in [0.15, 0.2) is 0 Å². The summed E-state index contributed by atoms with van der Waals surface area (Å²) in [6, 6.07) is 7.93. The van der Waals surface area contributed by atoms with E-state index in [4.69, 9.17) is 0 Å². The van der Waals surface area contributed by atoms with E-state index in [2.05, 4.69) is 0 Å². The monoisotopic (exact) mass is 320 g/mol. The van der Waals surface area contributed by atoms with Crippen LogP contribution in [-0.2, 0) is 22.4 Å². The smallest absolute Gasteiger partial charge is 0.258 e. The zero-order valence-corrected chi connectivity index (χ0v) is 7.12. The van der Waals surface area contributed by atoms with E-state index in [1.165, 1.54) is 12.1 Å². The molecule has 57 valence electrons. The van der Waals surface area contributed by atoms with Crippen LogP contribution < -0.4 is 0 Å². The molecule has 0 bridgehead atoms. The Morgan fingerprint density at radius 3 is 2.00 bits per heavy atom. The summed E-state index contributed by atoms with van der Waals surface area (Å²) in [5.41, 5.74) is 0.137. The second-order valence-electron chi connectivity index (χ2n) is 1.59. The van der Waals surface area contributed by atoms with E-state index in [0.717, 1.165) is 0 Å². The third-order valence-corrected chi connectivity index (χ3v) is 0.967. The van der Waals surface area contributed by atoms with Gasteiger partial charge in [0, 0.05) is 34.5 Å². The van der Waals surface area contributed by atoms with Crippen molar-refractivity contribution in [2.24, 2.45) is 0 Å². The molecule has 0 aliphatic heterocycles. The van der Waals surface area contributed by atoms with Gasteiger partial charge >= 0.3 is 0 Å². The number of nitrogens with zero attached hydrogens (tertiary/aromatic N) is 1. The normalized spacial score (nSPS) is 8.00. The van der Waals surface area contributed by atoms with E-state index in [1.807, 2.05) is 0 Å². The molecule has 1 aromatic carbocycles. The summed E-state index contributed by atoms with van der Waals surface area (Å²) in [6.07, 6.45) is 0. The number of hydrogen-bond acceptors (Lipinski definition) is 2. The second-order valence-corrected chi connectivity index (χ2v) is 1.59. The van der Waals surface area contributed by atoms with Gasteiger partial charge in [-0.2, -0.15) is 0 Å². The van der Waals surface area contributed by atoms with Gasteiger partial charge in [-0.25, -0.2) is 0 Å². The van der Waals surface area contributed by atoms with Gasteiger partial charge in [0.05, 0.1) is 4.92 Å². The molecule has 0 N–H and O–H groups in total. The quantitative estimate of drug-likeness (QED) is 0.448. The molecule has 0 fully saturated rings. The van der Waals surface area contributed by atoms with Crippen LogP contribution >= 0.6 is 0 Å². The molecular weight excluding hydrogens is 315 g/mol. The van der Waals surface area contributed by atoms with E-state index < -0.39 is 4.92 Å². The maximum atomic E-state index is 10.0. The van der Waals surface area contributed by atoms with E-state index >= 15 is 0 Å². The number of nitro groups is 1. The molecule has 3 nitrogen and oxygen atoms in total. The first-order valence-electron chi connectivity index (χ1n) is 2.50. The summed E-state index contributed by atoms with van der Waals surface area (Å²) < 4.78 is 0. The molecule has 0 aliphatic rings. The van der Waals surface area contributed by atoms with Crippen molar-refractivity contribution in [3.05, 3.63) is 40.4 Å². The number of non-ortho nitro benzene ring substituents is 1. The van der Waals surface area contributed by atoms with Crippen molar-refractivity contribution in [3.8, 4) is 0 Å². The molecule has 0 atom stereocenters. The fourth-order valence-corrected chi connectivity index (χ4v) is 0.550. The largest absolute Gasteiger partial charge is 0.269 e. The Morgan fingerprint density at radius 2 is 1.70 bits per heavy atom. The summed E-state index contributed by atoms with van der Waals surface area (Å²) in [5, 5.41) is 10.0. The predicted molar refractivity (Wildman–Crippen MR) is 33.1 cm³/mol. The van der Waals surface area contributed by atoms with Gasteiger partial charge in [0.25, 0.3) is 5.69 Å². The molecule has 0 saturated heterocycles. The molecular formula is C6H5AuNO2. The first kappa shape index (κ1) is 9.36. The average molecular weight is 320 g/mol. The van der Waals surface area contributed by atoms with Crippen LogP contribution in [0.15, 0.2) is 30.3 Å². The molecule has 0 unspecified atom stereocenters. The van der Waals surface area contributed by atoms with Crippen molar-refractivity contribution in [1.82, 2.24) is 0 Å². The molecule has 0 heterocycles. The van der Waals surface area contributed by atoms with Crippen LogP contribution in [0.3, 0.4) is 0 Å². The molecule has 1 aromatic rings. The Labute approximate surface area is 73.7 Å². The van der Waals surface area contributed by atoms with E-state index in [9.17, 15) is 10.1 Å². The van der Waals surface area contributed by atoms with Crippen LogP contribution in [0.4, 0.5) is 5.69 Å². The van der Waals surface area contributed by atoms with Crippen molar-refractivity contribution in [2.45, 2.75) is 0 Å². The zero-order chi connectivity index (χ0) is 6.69. The third kappa shape index (κ3) is 2.31. The summed E-state index contributed by atoms with van der Waals surface area (Å²) in [7, 11) is 0. The number of rotatable bonds is 1. The zero-order valence-electron chi connectivity index (χ0n) is 4.95. The van der Waals surface area contributed by atoms with Crippen LogP contribution in [0.1, 0.15) is 0 Å². The molecule has 0 aromatic heterocycles. The number of hydrogen-bond donors (Lipinski definition) is 0. The second kappa shape index (κ2) is 4.22. The molecule has 4 heteroatoms. The maximum absolute atomic E-state index is 10.0. The molecule has 0 amide bonds.